The van der Waals surface area contributed by atoms with Gasteiger partial charge in [-0.05, 0) is 18.1 Å². The van der Waals surface area contributed by atoms with Crippen LogP contribution in [0.2, 0.25) is 0 Å². The van der Waals surface area contributed by atoms with Crippen molar-refractivity contribution in [3.63, 3.8) is 0 Å². The van der Waals surface area contributed by atoms with Crippen molar-refractivity contribution in [2.75, 3.05) is 32.1 Å². The van der Waals surface area contributed by atoms with Crippen LogP contribution >= 0.6 is 0 Å². The molecule has 34 heavy (non-hydrogen) atoms. The van der Waals surface area contributed by atoms with Crippen molar-refractivity contribution >= 4 is 17.7 Å². The zero-order valence-corrected chi connectivity index (χ0v) is 19.3. The van der Waals surface area contributed by atoms with Gasteiger partial charge in [0.25, 0.3) is 5.91 Å². The molecule has 1 saturated heterocycles. The van der Waals surface area contributed by atoms with E-state index >= 15 is 0 Å². The summed E-state index contributed by atoms with van der Waals surface area (Å²) in [6, 6.07) is 16.3. The molecule has 2 atom stereocenters. The highest BCUT2D eigenvalue weighted by atomic mass is 16.6. The van der Waals surface area contributed by atoms with Gasteiger partial charge in [0.05, 0.1) is 13.6 Å². The highest BCUT2D eigenvalue weighted by Crippen LogP contribution is 2.48. The number of aliphatic hydroxyl groups is 1. The Hall–Kier alpha value is -3.49. The number of fused-ring (bicyclic) bond motifs is 3. The number of esters is 1. The van der Waals surface area contributed by atoms with Gasteiger partial charge in [0.15, 0.2) is 12.4 Å². The first-order chi connectivity index (χ1) is 16.3. The molecule has 1 aromatic heterocycles. The van der Waals surface area contributed by atoms with Crippen LogP contribution in [0.5, 0.6) is 0 Å². The molecule has 8 heteroatoms. The molecule has 3 aromatic rings. The molecular weight excluding hydrogens is 434 g/mol. The zero-order chi connectivity index (χ0) is 23.9. The van der Waals surface area contributed by atoms with Crippen LogP contribution in [-0.2, 0) is 19.9 Å². The average molecular weight is 463 g/mol. The molecule has 0 saturated carbocycles. The zero-order valence-electron chi connectivity index (χ0n) is 19.3. The van der Waals surface area contributed by atoms with E-state index in [1.165, 1.54) is 0 Å². The lowest BCUT2D eigenvalue weighted by Gasteiger charge is -2.35. The first-order valence-corrected chi connectivity index (χ1v) is 11.5. The second-order valence-corrected chi connectivity index (χ2v) is 9.43. The lowest BCUT2D eigenvalue weighted by atomic mass is 9.91. The van der Waals surface area contributed by atoms with Gasteiger partial charge in [-0.1, -0.05) is 53.7 Å². The largest absolute Gasteiger partial charge is 0.457 e. The number of carbonyl (C=O) groups excluding carboxylic acids is 2. The van der Waals surface area contributed by atoms with Crippen LogP contribution in [0.25, 0.3) is 11.1 Å². The van der Waals surface area contributed by atoms with E-state index in [0.717, 1.165) is 30.5 Å². The van der Waals surface area contributed by atoms with Crippen molar-refractivity contribution < 1.29 is 28.4 Å². The maximum Gasteiger partial charge on any atom is 0.347 e. The maximum absolute atomic E-state index is 13.3. The molecule has 0 bridgehead atoms. The fraction of sp³-hybridized carbons (Fsp3) is 0.346. The molecule has 1 unspecified atom stereocenters. The Morgan fingerprint density at radius 1 is 1.18 bits per heavy atom. The van der Waals surface area contributed by atoms with Gasteiger partial charge in [-0.3, -0.25) is 4.79 Å². The number of benzene rings is 2. The number of likely N-dealkylation sites (N-methyl/N-ethyl adjacent to an activating group) is 1. The number of likely N-dealkylation sites (tertiary alicyclic amines) is 1. The Labute approximate surface area is 197 Å². The molecule has 0 radical (unpaired) electrons. The van der Waals surface area contributed by atoms with Crippen LogP contribution in [-0.4, -0.2) is 59.4 Å². The number of hydrogen-bond acceptors (Lipinski definition) is 6. The number of amides is 1. The van der Waals surface area contributed by atoms with Crippen LogP contribution in [0.3, 0.4) is 0 Å². The van der Waals surface area contributed by atoms with E-state index < -0.39 is 11.6 Å². The predicted molar refractivity (Wildman–Crippen MR) is 125 cm³/mol. The summed E-state index contributed by atoms with van der Waals surface area (Å²) < 4.78 is 11.2. The van der Waals surface area contributed by atoms with Crippen LogP contribution in [0.1, 0.15) is 29.7 Å². The number of anilines is 1. The van der Waals surface area contributed by atoms with Gasteiger partial charge >= 0.3 is 5.97 Å². The Bertz CT molecular complexity index is 1210. The summed E-state index contributed by atoms with van der Waals surface area (Å²) in [5.41, 5.74) is 0.883. The molecule has 176 valence electrons. The van der Waals surface area contributed by atoms with Crippen molar-refractivity contribution in [1.29, 1.82) is 0 Å². The fourth-order valence-corrected chi connectivity index (χ4v) is 5.30. The second kappa shape index (κ2) is 8.38. The van der Waals surface area contributed by atoms with Crippen LogP contribution < -0.4 is 5.32 Å². The smallest absolute Gasteiger partial charge is 0.347 e. The Morgan fingerprint density at radius 3 is 2.44 bits per heavy atom. The Balaban J connectivity index is 1.30. The number of quaternary nitrogens is 1. The Kier molecular flexibility index (Phi) is 5.50. The highest BCUT2D eigenvalue weighted by Gasteiger charge is 2.50. The highest BCUT2D eigenvalue weighted by molar-refractivity contribution is 5.96. The third-order valence-electron chi connectivity index (χ3n) is 7.11. The van der Waals surface area contributed by atoms with Gasteiger partial charge in [0.1, 0.15) is 18.4 Å². The van der Waals surface area contributed by atoms with Gasteiger partial charge in [0.2, 0.25) is 5.60 Å². The predicted octanol–water partition coefficient (Wildman–Crippen LogP) is 2.99. The topological polar surface area (TPSA) is 102 Å². The molecule has 0 spiro atoms. The minimum atomic E-state index is -1.85. The molecular formula is C26H28N3O5+. The fourth-order valence-electron chi connectivity index (χ4n) is 5.30. The van der Waals surface area contributed by atoms with E-state index in [0.29, 0.717) is 27.2 Å². The quantitative estimate of drug-likeness (QED) is 0.431. The van der Waals surface area contributed by atoms with Crippen LogP contribution in [0.15, 0.2) is 59.1 Å². The summed E-state index contributed by atoms with van der Waals surface area (Å²) in [5.74, 6) is 0.142. The minimum absolute atomic E-state index is 0.0516. The van der Waals surface area contributed by atoms with Crippen molar-refractivity contribution in [1.82, 2.24) is 5.16 Å². The number of nitrogens with zero attached hydrogens (tertiary/aromatic N) is 2. The Morgan fingerprint density at radius 2 is 1.82 bits per heavy atom. The number of carbonyl (C=O) groups is 2. The molecule has 1 aliphatic heterocycles. The van der Waals surface area contributed by atoms with Crippen LogP contribution in [0, 0.1) is 6.92 Å². The number of aryl methyl sites for hydroxylation is 1. The molecule has 1 aliphatic carbocycles. The van der Waals surface area contributed by atoms with E-state index in [9.17, 15) is 14.7 Å². The first-order valence-electron chi connectivity index (χ1n) is 11.5. The molecule has 2 aromatic carbocycles. The molecule has 1 fully saturated rings. The SMILES string of the molecule is Cc1cc(NC(=O)C[N@@+]2(C)CCCC2COC(=O)C2(O)c3ccccc3-c3ccccc32)no1. The van der Waals surface area contributed by atoms with Crippen molar-refractivity contribution in [2.45, 2.75) is 31.4 Å². The summed E-state index contributed by atoms with van der Waals surface area (Å²) in [5, 5.41) is 18.2. The standard InChI is InChI=1S/C26H27N3O5/c1-17-14-23(28-34-17)27-24(30)15-29(2)13-7-8-18(29)16-33-25(31)26(32)21-11-5-3-9-19(21)20-10-4-6-12-22(20)26/h3-6,9-12,14,18,32H,7-8,13,15-16H2,1-2H3/p+1/t18?,29-/m1/s1. The van der Waals surface area contributed by atoms with E-state index in [1.807, 2.05) is 43.4 Å². The number of aromatic nitrogens is 1. The number of hydrogen-bond donors (Lipinski definition) is 2. The molecule has 1 amide bonds. The lowest BCUT2D eigenvalue weighted by molar-refractivity contribution is -0.913. The number of ether oxygens (including phenoxy) is 1. The van der Waals surface area contributed by atoms with Crippen molar-refractivity contribution in [3.05, 3.63) is 71.5 Å². The molecule has 2 heterocycles. The van der Waals surface area contributed by atoms with Gasteiger partial charge in [-0.2, -0.15) is 0 Å². The van der Waals surface area contributed by atoms with Crippen molar-refractivity contribution in [3.8, 4) is 11.1 Å². The number of nitrogens with one attached hydrogen (secondary N) is 1. The monoisotopic (exact) mass is 462 g/mol. The normalized spacial score (nSPS) is 22.1. The first kappa shape index (κ1) is 22.3. The second-order valence-electron chi connectivity index (χ2n) is 9.43. The molecule has 5 rings (SSSR count). The van der Waals surface area contributed by atoms with E-state index in [2.05, 4.69) is 10.5 Å². The molecule has 2 N–H and O–H groups in total. The summed E-state index contributed by atoms with van der Waals surface area (Å²) in [7, 11) is 1.99. The summed E-state index contributed by atoms with van der Waals surface area (Å²) in [4.78, 5) is 26.0. The van der Waals surface area contributed by atoms with E-state index in [4.69, 9.17) is 9.26 Å². The lowest BCUT2D eigenvalue weighted by Crippen LogP contribution is -2.54. The van der Waals surface area contributed by atoms with Crippen LogP contribution in [0.4, 0.5) is 5.82 Å². The average Bonchev–Trinajstić information content (AvgIpc) is 3.47. The maximum atomic E-state index is 13.3. The van der Waals surface area contributed by atoms with Gasteiger partial charge in [-0.15, -0.1) is 0 Å². The molecule has 8 nitrogen and oxygen atoms in total. The third-order valence-corrected chi connectivity index (χ3v) is 7.11. The van der Waals surface area contributed by atoms with Gasteiger partial charge < -0.3 is 24.2 Å². The minimum Gasteiger partial charge on any atom is -0.457 e. The summed E-state index contributed by atoms with van der Waals surface area (Å²) in [6.45, 7) is 2.91. The van der Waals surface area contributed by atoms with Gasteiger partial charge in [0, 0.05) is 30.0 Å². The van der Waals surface area contributed by atoms with Crippen molar-refractivity contribution in [2.24, 2.45) is 0 Å². The molecule has 2 aliphatic rings. The summed E-state index contributed by atoms with van der Waals surface area (Å²) in [6.07, 6.45) is 1.75. The third kappa shape index (κ3) is 3.69. The summed E-state index contributed by atoms with van der Waals surface area (Å²) >= 11 is 0. The number of rotatable bonds is 6. The van der Waals surface area contributed by atoms with E-state index in [-0.39, 0.29) is 25.1 Å². The van der Waals surface area contributed by atoms with Gasteiger partial charge in [-0.25, -0.2) is 4.79 Å². The van der Waals surface area contributed by atoms with E-state index in [1.54, 1.807) is 25.1 Å².